The maximum atomic E-state index is 12.2. The minimum atomic E-state index is -0.112. The van der Waals surface area contributed by atoms with Crippen molar-refractivity contribution < 1.29 is 19.0 Å². The molecule has 0 unspecified atom stereocenters. The first-order valence-electron chi connectivity index (χ1n) is 9.48. The van der Waals surface area contributed by atoms with Crippen LogP contribution in [0, 0.1) is 0 Å². The fraction of sp³-hybridized carbons (Fsp3) is 0.217. The summed E-state index contributed by atoms with van der Waals surface area (Å²) in [4.78, 5) is 14.3. The molecule has 1 fully saturated rings. The van der Waals surface area contributed by atoms with Gasteiger partial charge < -0.3 is 14.2 Å². The van der Waals surface area contributed by atoms with Gasteiger partial charge in [-0.1, -0.05) is 48.3 Å². The van der Waals surface area contributed by atoms with Crippen LogP contribution in [0.3, 0.4) is 0 Å². The standard InChI is InChI=1S/C23H22BrNO4S2/c1-4-7-16-8-5-6-9-18(16)28-10-11-29-21-17(24)12-15(13-19(21)27-3)14-20-22(26)25(2)23(30)31-20/h4-6,8-9,12-14H,1,7,10-11H2,2-3H3/b20-14-. The van der Waals surface area contributed by atoms with Crippen LogP contribution >= 0.6 is 39.9 Å². The SMILES string of the molecule is C=CCc1ccccc1OCCOc1c(Br)cc(/C=C2\SC(=S)N(C)C2=O)cc1OC. The highest BCUT2D eigenvalue weighted by atomic mass is 79.9. The maximum Gasteiger partial charge on any atom is 0.265 e. The van der Waals surface area contributed by atoms with E-state index in [4.69, 9.17) is 26.4 Å². The average molecular weight is 520 g/mol. The van der Waals surface area contributed by atoms with Crippen LogP contribution < -0.4 is 14.2 Å². The molecule has 0 aromatic heterocycles. The number of methoxy groups -OCH3 is 1. The maximum absolute atomic E-state index is 12.2. The Hall–Kier alpha value is -2.29. The molecule has 3 rings (SSSR count). The minimum absolute atomic E-state index is 0.112. The average Bonchev–Trinajstić information content (AvgIpc) is 2.99. The molecular formula is C23H22BrNO4S2. The third-order valence-corrected chi connectivity index (χ3v) is 6.53. The lowest BCUT2D eigenvalue weighted by atomic mass is 10.1. The molecule has 1 heterocycles. The van der Waals surface area contributed by atoms with Gasteiger partial charge in [0.05, 0.1) is 16.5 Å². The van der Waals surface area contributed by atoms with E-state index < -0.39 is 0 Å². The van der Waals surface area contributed by atoms with Gasteiger partial charge in [-0.25, -0.2) is 0 Å². The van der Waals surface area contributed by atoms with Crippen LogP contribution in [0.1, 0.15) is 11.1 Å². The zero-order valence-electron chi connectivity index (χ0n) is 17.2. The number of carbonyl (C=O) groups is 1. The Bertz CT molecular complexity index is 1040. The van der Waals surface area contributed by atoms with E-state index in [1.165, 1.54) is 16.7 Å². The molecule has 0 spiro atoms. The number of amides is 1. The number of carbonyl (C=O) groups excluding carboxylic acids is 1. The minimum Gasteiger partial charge on any atom is -0.493 e. The second-order valence-corrected chi connectivity index (χ2v) is 9.10. The van der Waals surface area contributed by atoms with Gasteiger partial charge in [0.1, 0.15) is 23.3 Å². The molecule has 2 aromatic rings. The summed E-state index contributed by atoms with van der Waals surface area (Å²) >= 11 is 10.0. The lowest BCUT2D eigenvalue weighted by Crippen LogP contribution is -2.22. The second kappa shape index (κ2) is 10.8. The van der Waals surface area contributed by atoms with Gasteiger partial charge in [0, 0.05) is 7.05 Å². The van der Waals surface area contributed by atoms with Gasteiger partial charge in [-0.15, -0.1) is 6.58 Å². The van der Waals surface area contributed by atoms with E-state index in [1.54, 1.807) is 20.2 Å². The number of benzene rings is 2. The number of hydrogen-bond acceptors (Lipinski definition) is 6. The van der Waals surface area contributed by atoms with Gasteiger partial charge in [0.15, 0.2) is 11.5 Å². The smallest absolute Gasteiger partial charge is 0.265 e. The van der Waals surface area contributed by atoms with Crippen molar-refractivity contribution in [1.82, 2.24) is 4.90 Å². The van der Waals surface area contributed by atoms with E-state index in [2.05, 4.69) is 22.5 Å². The molecule has 0 saturated carbocycles. The van der Waals surface area contributed by atoms with Crippen molar-refractivity contribution >= 4 is 56.2 Å². The number of nitrogens with zero attached hydrogens (tertiary/aromatic N) is 1. The van der Waals surface area contributed by atoms with Gasteiger partial charge in [-0.05, 0) is 57.8 Å². The highest BCUT2D eigenvalue weighted by Gasteiger charge is 2.28. The Balaban J connectivity index is 1.68. The first-order valence-corrected chi connectivity index (χ1v) is 11.5. The van der Waals surface area contributed by atoms with Crippen LogP contribution in [0.25, 0.3) is 6.08 Å². The van der Waals surface area contributed by atoms with E-state index in [0.717, 1.165) is 27.8 Å². The predicted octanol–water partition coefficient (Wildman–Crippen LogP) is 5.48. The highest BCUT2D eigenvalue weighted by Crippen LogP contribution is 2.39. The fourth-order valence-electron chi connectivity index (χ4n) is 2.92. The van der Waals surface area contributed by atoms with Crippen molar-refractivity contribution in [2.75, 3.05) is 27.4 Å². The van der Waals surface area contributed by atoms with Crippen LogP contribution in [-0.4, -0.2) is 42.5 Å². The van der Waals surface area contributed by atoms with E-state index >= 15 is 0 Å². The monoisotopic (exact) mass is 519 g/mol. The number of rotatable bonds is 9. The molecule has 1 aliphatic heterocycles. The van der Waals surface area contributed by atoms with E-state index in [9.17, 15) is 4.79 Å². The number of halogens is 1. The summed E-state index contributed by atoms with van der Waals surface area (Å²) in [7, 11) is 3.25. The van der Waals surface area contributed by atoms with Crippen molar-refractivity contribution in [3.8, 4) is 17.2 Å². The molecule has 0 N–H and O–H groups in total. The number of likely N-dealkylation sites (N-methyl/N-ethyl adjacent to an activating group) is 1. The molecule has 1 amide bonds. The van der Waals surface area contributed by atoms with Gasteiger partial charge >= 0.3 is 0 Å². The molecule has 8 heteroatoms. The molecule has 1 saturated heterocycles. The highest BCUT2D eigenvalue weighted by molar-refractivity contribution is 9.10. The van der Waals surface area contributed by atoms with Gasteiger partial charge in [-0.3, -0.25) is 9.69 Å². The summed E-state index contributed by atoms with van der Waals surface area (Å²) in [6.45, 7) is 4.50. The van der Waals surface area contributed by atoms with Crippen molar-refractivity contribution in [2.45, 2.75) is 6.42 Å². The Labute approximate surface area is 200 Å². The van der Waals surface area contributed by atoms with Crippen molar-refractivity contribution in [1.29, 1.82) is 0 Å². The van der Waals surface area contributed by atoms with Crippen LogP contribution in [-0.2, 0) is 11.2 Å². The Morgan fingerprint density at radius 3 is 2.61 bits per heavy atom. The third-order valence-electron chi connectivity index (χ3n) is 4.46. The lowest BCUT2D eigenvalue weighted by molar-refractivity contribution is -0.121. The van der Waals surface area contributed by atoms with Crippen LogP contribution in [0.2, 0.25) is 0 Å². The zero-order valence-corrected chi connectivity index (χ0v) is 20.4. The fourth-order valence-corrected chi connectivity index (χ4v) is 4.68. The summed E-state index contributed by atoms with van der Waals surface area (Å²) < 4.78 is 18.6. The molecule has 0 radical (unpaired) electrons. The van der Waals surface area contributed by atoms with Gasteiger partial charge in [-0.2, -0.15) is 0 Å². The topological polar surface area (TPSA) is 48.0 Å². The molecule has 31 heavy (non-hydrogen) atoms. The lowest BCUT2D eigenvalue weighted by Gasteiger charge is -2.15. The molecule has 5 nitrogen and oxygen atoms in total. The summed E-state index contributed by atoms with van der Waals surface area (Å²) in [5.41, 5.74) is 1.89. The van der Waals surface area contributed by atoms with Crippen molar-refractivity contribution in [2.24, 2.45) is 0 Å². The predicted molar refractivity (Wildman–Crippen MR) is 133 cm³/mol. The molecule has 1 aliphatic rings. The van der Waals surface area contributed by atoms with Crippen LogP contribution in [0.15, 0.2) is 58.4 Å². The Morgan fingerprint density at radius 1 is 1.19 bits per heavy atom. The number of thioether (sulfide) groups is 1. The van der Waals surface area contributed by atoms with Crippen molar-refractivity contribution in [3.05, 3.63) is 69.6 Å². The van der Waals surface area contributed by atoms with Gasteiger partial charge in [0.25, 0.3) is 5.91 Å². The van der Waals surface area contributed by atoms with E-state index in [1.807, 2.05) is 42.5 Å². The zero-order chi connectivity index (χ0) is 22.4. The molecule has 2 aromatic carbocycles. The summed E-state index contributed by atoms with van der Waals surface area (Å²) in [5, 5.41) is 0. The van der Waals surface area contributed by atoms with Crippen LogP contribution in [0.5, 0.6) is 17.2 Å². The first-order chi connectivity index (χ1) is 14.9. The number of thiocarbonyl (C=S) groups is 1. The van der Waals surface area contributed by atoms with E-state index in [0.29, 0.717) is 33.9 Å². The first kappa shape index (κ1) is 23.4. The van der Waals surface area contributed by atoms with E-state index in [-0.39, 0.29) is 5.91 Å². The quantitative estimate of drug-likeness (QED) is 0.189. The summed E-state index contributed by atoms with van der Waals surface area (Å²) in [5.74, 6) is 1.84. The number of ether oxygens (including phenoxy) is 3. The number of allylic oxidation sites excluding steroid dienone is 1. The molecule has 0 bridgehead atoms. The Morgan fingerprint density at radius 2 is 1.94 bits per heavy atom. The molecular weight excluding hydrogens is 498 g/mol. The Kier molecular flexibility index (Phi) is 8.17. The molecule has 0 atom stereocenters. The molecule has 162 valence electrons. The number of hydrogen-bond donors (Lipinski definition) is 0. The normalized spacial score (nSPS) is 14.8. The van der Waals surface area contributed by atoms with Crippen molar-refractivity contribution in [3.63, 3.8) is 0 Å². The summed E-state index contributed by atoms with van der Waals surface area (Å²) in [6.07, 6.45) is 4.38. The van der Waals surface area contributed by atoms with Gasteiger partial charge in [0.2, 0.25) is 0 Å². The second-order valence-electron chi connectivity index (χ2n) is 6.57. The largest absolute Gasteiger partial charge is 0.493 e. The summed E-state index contributed by atoms with van der Waals surface area (Å²) in [6, 6.07) is 11.6. The molecule has 0 aliphatic carbocycles. The third kappa shape index (κ3) is 5.70. The van der Waals surface area contributed by atoms with Crippen LogP contribution in [0.4, 0.5) is 0 Å². The number of para-hydroxylation sites is 1.